The summed E-state index contributed by atoms with van der Waals surface area (Å²) < 4.78 is 0. The van der Waals surface area contributed by atoms with Crippen LogP contribution in [-0.4, -0.2) is 29.3 Å². The number of benzene rings is 2. The Morgan fingerprint density at radius 3 is 2.43 bits per heavy atom. The molecule has 2 aromatic rings. The number of nitro benzene ring substituents is 1. The van der Waals surface area contributed by atoms with E-state index in [2.05, 4.69) is 10.6 Å². The zero-order valence-electron chi connectivity index (χ0n) is 15.6. The first kappa shape index (κ1) is 21.4. The van der Waals surface area contributed by atoms with Gasteiger partial charge in [-0.15, -0.1) is 0 Å². The highest BCUT2D eigenvalue weighted by Crippen LogP contribution is 2.25. The minimum absolute atomic E-state index is 0.0550. The molecule has 0 fully saturated rings. The van der Waals surface area contributed by atoms with Gasteiger partial charge < -0.3 is 10.6 Å². The van der Waals surface area contributed by atoms with Gasteiger partial charge in [0.05, 0.1) is 4.92 Å². The summed E-state index contributed by atoms with van der Waals surface area (Å²) in [7, 11) is 0. The zero-order chi connectivity index (χ0) is 20.7. The lowest BCUT2D eigenvalue weighted by molar-refractivity contribution is -0.384. The Morgan fingerprint density at radius 2 is 1.82 bits per heavy atom. The zero-order valence-corrected chi connectivity index (χ0v) is 16.4. The lowest BCUT2D eigenvalue weighted by Gasteiger charge is -2.21. The fourth-order valence-electron chi connectivity index (χ4n) is 2.64. The van der Waals surface area contributed by atoms with Crippen LogP contribution in [0.5, 0.6) is 0 Å². The van der Waals surface area contributed by atoms with Crippen LogP contribution in [0, 0.1) is 16.0 Å². The number of rotatable bonds is 8. The third kappa shape index (κ3) is 5.79. The van der Waals surface area contributed by atoms with Gasteiger partial charge in [-0.2, -0.15) is 0 Å². The van der Waals surface area contributed by atoms with E-state index in [-0.39, 0.29) is 28.1 Å². The van der Waals surface area contributed by atoms with Gasteiger partial charge in [-0.05, 0) is 30.0 Å². The van der Waals surface area contributed by atoms with Crippen molar-refractivity contribution in [1.29, 1.82) is 0 Å². The number of hydrogen-bond acceptors (Lipinski definition) is 4. The number of hydrogen-bond donors (Lipinski definition) is 2. The van der Waals surface area contributed by atoms with E-state index < -0.39 is 16.9 Å². The first-order valence-electron chi connectivity index (χ1n) is 8.86. The molecule has 0 aliphatic rings. The van der Waals surface area contributed by atoms with Crippen LogP contribution in [0.3, 0.4) is 0 Å². The van der Waals surface area contributed by atoms with Crippen molar-refractivity contribution >= 4 is 29.1 Å². The molecule has 2 N–H and O–H groups in total. The molecule has 0 aromatic heterocycles. The molecule has 2 amide bonds. The van der Waals surface area contributed by atoms with Gasteiger partial charge in [0.1, 0.15) is 11.1 Å². The first-order valence-corrected chi connectivity index (χ1v) is 9.24. The van der Waals surface area contributed by atoms with Crippen molar-refractivity contribution in [3.8, 4) is 0 Å². The topological polar surface area (TPSA) is 101 Å². The lowest BCUT2D eigenvalue weighted by Crippen LogP contribution is -2.50. The van der Waals surface area contributed by atoms with Gasteiger partial charge in [0.25, 0.3) is 11.6 Å². The molecule has 148 valence electrons. The molecule has 0 bridgehead atoms. The fraction of sp³-hybridized carbons (Fsp3) is 0.300. The Kier molecular flexibility index (Phi) is 7.52. The van der Waals surface area contributed by atoms with Crippen LogP contribution >= 0.6 is 11.6 Å². The van der Waals surface area contributed by atoms with Gasteiger partial charge >= 0.3 is 0 Å². The molecule has 7 nitrogen and oxygen atoms in total. The molecule has 0 heterocycles. The van der Waals surface area contributed by atoms with Crippen LogP contribution in [0.2, 0.25) is 5.02 Å². The summed E-state index contributed by atoms with van der Waals surface area (Å²) in [6.45, 7) is 4.06. The van der Waals surface area contributed by atoms with E-state index >= 15 is 0 Å². The Bertz CT molecular complexity index is 856. The number of halogens is 1. The van der Waals surface area contributed by atoms with Gasteiger partial charge in [0, 0.05) is 18.2 Å². The molecule has 0 saturated heterocycles. The van der Waals surface area contributed by atoms with Crippen LogP contribution in [0.4, 0.5) is 5.69 Å². The molecular weight excluding hydrogens is 382 g/mol. The second-order valence-corrected chi connectivity index (χ2v) is 7.05. The number of amides is 2. The number of nitrogens with one attached hydrogen (secondary N) is 2. The summed E-state index contributed by atoms with van der Waals surface area (Å²) in [5.41, 5.74) is 0.808. The summed E-state index contributed by atoms with van der Waals surface area (Å²) in [5.74, 6) is -1.04. The summed E-state index contributed by atoms with van der Waals surface area (Å²) in [4.78, 5) is 35.3. The number of carbonyl (C=O) groups is 2. The molecule has 1 unspecified atom stereocenters. The van der Waals surface area contributed by atoms with Crippen LogP contribution < -0.4 is 10.6 Å². The van der Waals surface area contributed by atoms with Crippen molar-refractivity contribution in [1.82, 2.24) is 10.6 Å². The average molecular weight is 404 g/mol. The maximum atomic E-state index is 12.5. The normalized spacial score (nSPS) is 11.7. The van der Waals surface area contributed by atoms with E-state index in [0.29, 0.717) is 13.0 Å². The predicted octanol–water partition coefficient (Wildman–Crippen LogP) is 3.36. The van der Waals surface area contributed by atoms with Crippen LogP contribution in [0.25, 0.3) is 0 Å². The highest BCUT2D eigenvalue weighted by Gasteiger charge is 2.25. The molecule has 2 aromatic carbocycles. The molecule has 0 aliphatic heterocycles. The summed E-state index contributed by atoms with van der Waals surface area (Å²) in [6.07, 6.45) is 0.675. The number of nitrogens with zero attached hydrogens (tertiary/aromatic N) is 1. The van der Waals surface area contributed by atoms with E-state index in [1.165, 1.54) is 12.1 Å². The van der Waals surface area contributed by atoms with E-state index in [4.69, 9.17) is 11.6 Å². The average Bonchev–Trinajstić information content (AvgIpc) is 2.66. The molecule has 0 saturated carbocycles. The van der Waals surface area contributed by atoms with Gasteiger partial charge in [0.15, 0.2) is 0 Å². The Hall–Kier alpha value is -2.93. The highest BCUT2D eigenvalue weighted by molar-refractivity contribution is 6.32. The Balaban J connectivity index is 2.01. The van der Waals surface area contributed by atoms with Crippen molar-refractivity contribution in [2.75, 3.05) is 6.54 Å². The molecule has 1 atom stereocenters. The maximum absolute atomic E-state index is 12.5. The monoisotopic (exact) mass is 403 g/mol. The molecule has 0 radical (unpaired) electrons. The second-order valence-electron chi connectivity index (χ2n) is 6.65. The SMILES string of the molecule is CC(C)C(NC(=O)c1ccc(Cl)c([N+](=O)[O-])c1)C(=O)NCCc1ccccc1. The molecule has 28 heavy (non-hydrogen) atoms. The molecule has 2 rings (SSSR count). The van der Waals surface area contributed by atoms with Crippen molar-refractivity contribution in [3.05, 3.63) is 74.8 Å². The third-order valence-electron chi connectivity index (χ3n) is 4.20. The molecule has 8 heteroatoms. The molecular formula is C20H22ClN3O4. The van der Waals surface area contributed by atoms with Gasteiger partial charge in [0.2, 0.25) is 5.91 Å². The van der Waals surface area contributed by atoms with Crippen molar-refractivity contribution in [2.24, 2.45) is 5.92 Å². The van der Waals surface area contributed by atoms with Gasteiger partial charge in [-0.25, -0.2) is 0 Å². The summed E-state index contributed by atoms with van der Waals surface area (Å²) in [6, 6.07) is 12.7. The lowest BCUT2D eigenvalue weighted by atomic mass is 10.0. The van der Waals surface area contributed by atoms with Gasteiger partial charge in [-0.1, -0.05) is 55.8 Å². The van der Waals surface area contributed by atoms with E-state index in [1.54, 1.807) is 0 Å². The largest absolute Gasteiger partial charge is 0.354 e. The standard InChI is InChI=1S/C20H22ClN3O4/c1-13(2)18(20(26)22-11-10-14-6-4-3-5-7-14)23-19(25)15-8-9-16(21)17(12-15)24(27)28/h3-9,12-13,18H,10-11H2,1-2H3,(H,22,26)(H,23,25). The number of nitro groups is 1. The highest BCUT2D eigenvalue weighted by atomic mass is 35.5. The molecule has 0 aliphatic carbocycles. The van der Waals surface area contributed by atoms with Crippen LogP contribution in [-0.2, 0) is 11.2 Å². The minimum Gasteiger partial charge on any atom is -0.354 e. The second kappa shape index (κ2) is 9.85. The van der Waals surface area contributed by atoms with Gasteiger partial charge in [-0.3, -0.25) is 19.7 Å². The third-order valence-corrected chi connectivity index (χ3v) is 4.52. The van der Waals surface area contributed by atoms with Crippen molar-refractivity contribution < 1.29 is 14.5 Å². The fourth-order valence-corrected chi connectivity index (χ4v) is 2.82. The summed E-state index contributed by atoms with van der Waals surface area (Å²) >= 11 is 5.77. The van der Waals surface area contributed by atoms with Crippen LogP contribution in [0.15, 0.2) is 48.5 Å². The Labute approximate surface area is 168 Å². The quantitative estimate of drug-likeness (QED) is 0.521. The van der Waals surface area contributed by atoms with Crippen molar-refractivity contribution in [2.45, 2.75) is 26.3 Å². The van der Waals surface area contributed by atoms with Crippen LogP contribution in [0.1, 0.15) is 29.8 Å². The first-order chi connectivity index (χ1) is 13.3. The molecule has 0 spiro atoms. The van der Waals surface area contributed by atoms with Crippen molar-refractivity contribution in [3.63, 3.8) is 0 Å². The van der Waals surface area contributed by atoms with E-state index in [1.807, 2.05) is 44.2 Å². The Morgan fingerprint density at radius 1 is 1.14 bits per heavy atom. The maximum Gasteiger partial charge on any atom is 0.288 e. The smallest absolute Gasteiger partial charge is 0.288 e. The minimum atomic E-state index is -0.766. The number of carbonyl (C=O) groups excluding carboxylic acids is 2. The summed E-state index contributed by atoms with van der Waals surface area (Å²) in [5, 5.41) is 16.4. The predicted molar refractivity (Wildman–Crippen MR) is 107 cm³/mol. The van der Waals surface area contributed by atoms with E-state index in [9.17, 15) is 19.7 Å². The van der Waals surface area contributed by atoms with E-state index in [0.717, 1.165) is 11.6 Å².